The Morgan fingerprint density at radius 1 is 1.43 bits per heavy atom. The quantitative estimate of drug-likeness (QED) is 0.452. The first kappa shape index (κ1) is 13.4. The molecule has 0 saturated heterocycles. The molecule has 1 aromatic carbocycles. The minimum absolute atomic E-state index is 0.106. The summed E-state index contributed by atoms with van der Waals surface area (Å²) in [5.74, 6) is 5.87. The Labute approximate surface area is 119 Å². The number of aryl methyl sites for hydroxylation is 2. The maximum Gasteiger partial charge on any atom is 0.272 e. The van der Waals surface area contributed by atoms with Crippen LogP contribution in [0.2, 0.25) is 0 Å². The third kappa shape index (κ3) is 2.29. The molecule has 1 aliphatic rings. The van der Waals surface area contributed by atoms with Gasteiger partial charge in [-0.15, -0.1) is 0 Å². The molecule has 0 atom stereocenters. The van der Waals surface area contributed by atoms with Crippen molar-refractivity contribution in [2.24, 2.45) is 12.9 Å². The van der Waals surface area contributed by atoms with Gasteiger partial charge >= 0.3 is 0 Å². The Kier molecular flexibility index (Phi) is 3.22. The van der Waals surface area contributed by atoms with Gasteiger partial charge in [0.15, 0.2) is 11.5 Å². The summed E-state index contributed by atoms with van der Waals surface area (Å²) < 4.78 is 12.1. The second-order valence-electron chi connectivity index (χ2n) is 4.68. The van der Waals surface area contributed by atoms with Crippen molar-refractivity contribution in [2.45, 2.75) is 12.8 Å². The van der Waals surface area contributed by atoms with Crippen LogP contribution in [0.3, 0.4) is 0 Å². The highest BCUT2D eigenvalue weighted by Crippen LogP contribution is 2.34. The summed E-state index contributed by atoms with van der Waals surface area (Å²) in [6.45, 7) is 0.156. The number of amides is 1. The summed E-state index contributed by atoms with van der Waals surface area (Å²) in [4.78, 5) is 27.8. The Hall–Kier alpha value is -2.61. The van der Waals surface area contributed by atoms with E-state index >= 15 is 0 Å². The molecule has 0 bridgehead atoms. The van der Waals surface area contributed by atoms with Crippen LogP contribution in [-0.4, -0.2) is 22.3 Å². The number of hydrogen-bond donors (Lipinski definition) is 2. The van der Waals surface area contributed by atoms with E-state index in [0.29, 0.717) is 28.2 Å². The molecule has 110 valence electrons. The fraction of sp³-hybridized carbons (Fsp3) is 0.308. The van der Waals surface area contributed by atoms with Crippen molar-refractivity contribution in [3.63, 3.8) is 0 Å². The zero-order valence-corrected chi connectivity index (χ0v) is 11.4. The third-order valence-corrected chi connectivity index (χ3v) is 3.39. The van der Waals surface area contributed by atoms with Crippen LogP contribution in [0.25, 0.3) is 11.0 Å². The molecule has 8 nitrogen and oxygen atoms in total. The van der Waals surface area contributed by atoms with E-state index < -0.39 is 0 Å². The number of carbonyl (C=O) groups excluding carboxylic acids is 1. The molecule has 0 fully saturated rings. The van der Waals surface area contributed by atoms with Crippen molar-refractivity contribution in [3.05, 3.63) is 28.2 Å². The maximum absolute atomic E-state index is 12.2. The number of rotatable bonds is 3. The Morgan fingerprint density at radius 3 is 2.86 bits per heavy atom. The monoisotopic (exact) mass is 290 g/mol. The number of aromatic nitrogens is 2. The van der Waals surface area contributed by atoms with E-state index in [1.807, 2.05) is 5.43 Å². The topological polar surface area (TPSA) is 108 Å². The van der Waals surface area contributed by atoms with E-state index in [1.165, 1.54) is 4.57 Å². The Balaban J connectivity index is 2.07. The van der Waals surface area contributed by atoms with Crippen molar-refractivity contribution >= 4 is 16.9 Å². The van der Waals surface area contributed by atoms with Crippen LogP contribution in [0.1, 0.15) is 12.1 Å². The van der Waals surface area contributed by atoms with Gasteiger partial charge in [0.05, 0.1) is 11.0 Å². The second kappa shape index (κ2) is 5.06. The number of ether oxygens (including phenoxy) is 2. The number of hydrazine groups is 1. The lowest BCUT2D eigenvalue weighted by molar-refractivity contribution is -0.121. The van der Waals surface area contributed by atoms with Crippen LogP contribution in [0.15, 0.2) is 16.9 Å². The molecule has 1 amide bonds. The van der Waals surface area contributed by atoms with Gasteiger partial charge in [0, 0.05) is 32.0 Å². The molecule has 0 spiro atoms. The van der Waals surface area contributed by atoms with Gasteiger partial charge in [0.25, 0.3) is 5.56 Å². The zero-order valence-electron chi connectivity index (χ0n) is 11.4. The number of nitrogens with two attached hydrogens (primary N) is 1. The summed E-state index contributed by atoms with van der Waals surface area (Å²) >= 11 is 0. The lowest BCUT2D eigenvalue weighted by Gasteiger charge is -2.08. The summed E-state index contributed by atoms with van der Waals surface area (Å²) in [7, 11) is 1.65. The van der Waals surface area contributed by atoms with Crippen molar-refractivity contribution in [3.8, 4) is 11.5 Å². The van der Waals surface area contributed by atoms with E-state index in [9.17, 15) is 9.59 Å². The molecular formula is C13H14N4O4. The molecule has 3 N–H and O–H groups in total. The fourth-order valence-corrected chi connectivity index (χ4v) is 2.24. The molecule has 1 aromatic heterocycles. The highest BCUT2D eigenvalue weighted by Gasteiger charge is 2.18. The van der Waals surface area contributed by atoms with Gasteiger partial charge in [0.1, 0.15) is 5.69 Å². The predicted molar refractivity (Wildman–Crippen MR) is 73.8 cm³/mol. The minimum Gasteiger partial charge on any atom is -0.454 e. The molecule has 0 unspecified atom stereocenters. The highest BCUT2D eigenvalue weighted by molar-refractivity contribution is 5.80. The first-order valence-electron chi connectivity index (χ1n) is 6.39. The standard InChI is InChI=1S/C13H14N4O4/c1-17-9-5-11-10(20-6-21-11)4-8(9)15-7(13(17)19)2-3-12(18)16-14/h4-5H,2-3,6,14H2,1H3,(H,16,18). The number of hydrogen-bond acceptors (Lipinski definition) is 6. The number of benzene rings is 1. The zero-order chi connectivity index (χ0) is 15.0. The highest BCUT2D eigenvalue weighted by atomic mass is 16.7. The fourth-order valence-electron chi connectivity index (χ4n) is 2.24. The molecule has 1 aliphatic heterocycles. The maximum atomic E-state index is 12.2. The molecule has 0 aliphatic carbocycles. The first-order valence-corrected chi connectivity index (χ1v) is 6.39. The van der Waals surface area contributed by atoms with Gasteiger partial charge in [-0.3, -0.25) is 15.0 Å². The van der Waals surface area contributed by atoms with Crippen molar-refractivity contribution in [1.29, 1.82) is 0 Å². The molecule has 2 heterocycles. The first-order chi connectivity index (χ1) is 10.1. The Morgan fingerprint density at radius 2 is 2.14 bits per heavy atom. The molecule has 3 rings (SSSR count). The van der Waals surface area contributed by atoms with Gasteiger partial charge in [-0.1, -0.05) is 0 Å². The van der Waals surface area contributed by atoms with Crippen molar-refractivity contribution in [1.82, 2.24) is 15.0 Å². The smallest absolute Gasteiger partial charge is 0.272 e. The minimum atomic E-state index is -0.343. The summed E-state index contributed by atoms with van der Waals surface area (Å²) in [6, 6.07) is 3.45. The van der Waals surface area contributed by atoms with Crippen LogP contribution < -0.4 is 26.3 Å². The van der Waals surface area contributed by atoms with Crippen molar-refractivity contribution in [2.75, 3.05) is 6.79 Å². The summed E-state index contributed by atoms with van der Waals surface area (Å²) in [5, 5.41) is 0. The molecular weight excluding hydrogens is 276 g/mol. The van der Waals surface area contributed by atoms with Gasteiger partial charge in [-0.05, 0) is 0 Å². The predicted octanol–water partition coefficient (Wildman–Crippen LogP) is -0.415. The average molecular weight is 290 g/mol. The van der Waals surface area contributed by atoms with Crippen LogP contribution in [-0.2, 0) is 18.3 Å². The number of nitrogens with one attached hydrogen (secondary N) is 1. The van der Waals surface area contributed by atoms with Crippen LogP contribution in [0, 0.1) is 0 Å². The van der Waals surface area contributed by atoms with Crippen molar-refractivity contribution < 1.29 is 14.3 Å². The lowest BCUT2D eigenvalue weighted by Crippen LogP contribution is -2.31. The summed E-state index contributed by atoms with van der Waals surface area (Å²) in [5.41, 5.74) is 3.36. The van der Waals surface area contributed by atoms with Gasteiger partial charge in [-0.2, -0.15) is 0 Å². The van der Waals surface area contributed by atoms with Gasteiger partial charge in [-0.25, -0.2) is 10.8 Å². The van der Waals surface area contributed by atoms with Crippen LogP contribution >= 0.6 is 0 Å². The SMILES string of the molecule is Cn1c(=O)c(CCC(=O)NN)nc2cc3c(cc21)OCO3. The second-order valence-corrected chi connectivity index (χ2v) is 4.68. The third-order valence-electron chi connectivity index (χ3n) is 3.39. The molecule has 0 saturated carbocycles. The molecule has 0 radical (unpaired) electrons. The van der Waals surface area contributed by atoms with E-state index in [0.717, 1.165) is 0 Å². The van der Waals surface area contributed by atoms with Gasteiger partial charge in [0.2, 0.25) is 12.7 Å². The molecule has 8 heteroatoms. The van der Waals surface area contributed by atoms with E-state index in [1.54, 1.807) is 19.2 Å². The normalized spacial score (nSPS) is 12.7. The molecule has 21 heavy (non-hydrogen) atoms. The number of nitrogens with zero attached hydrogens (tertiary/aromatic N) is 2. The Bertz CT molecular complexity index is 784. The van der Waals surface area contributed by atoms with Crippen LogP contribution in [0.4, 0.5) is 0 Å². The van der Waals surface area contributed by atoms with Gasteiger partial charge < -0.3 is 14.0 Å². The molecule has 2 aromatic rings. The number of fused-ring (bicyclic) bond motifs is 2. The number of carbonyl (C=O) groups is 1. The summed E-state index contributed by atoms with van der Waals surface area (Å²) in [6.07, 6.45) is 0.328. The average Bonchev–Trinajstić information content (AvgIpc) is 2.94. The van der Waals surface area contributed by atoms with E-state index in [2.05, 4.69) is 4.98 Å². The van der Waals surface area contributed by atoms with Crippen LogP contribution in [0.5, 0.6) is 11.5 Å². The van der Waals surface area contributed by atoms with E-state index in [4.69, 9.17) is 15.3 Å². The lowest BCUT2D eigenvalue weighted by atomic mass is 10.2. The van der Waals surface area contributed by atoms with E-state index in [-0.39, 0.29) is 31.1 Å². The largest absolute Gasteiger partial charge is 0.454 e.